The summed E-state index contributed by atoms with van der Waals surface area (Å²) in [4.78, 5) is 0. The molecule has 0 heterocycles. The molecule has 0 amide bonds. The van der Waals surface area contributed by atoms with Crippen molar-refractivity contribution in [2.45, 2.75) is 6.92 Å². The van der Waals surface area contributed by atoms with Crippen molar-refractivity contribution in [1.82, 2.24) is 0 Å². The zero-order valence-corrected chi connectivity index (χ0v) is 8.54. The fourth-order valence-electron chi connectivity index (χ4n) is 0.791. The summed E-state index contributed by atoms with van der Waals surface area (Å²) in [6, 6.07) is 18.2. The molecule has 2 aromatic rings. The zero-order chi connectivity index (χ0) is 7.94. The second-order valence-corrected chi connectivity index (χ2v) is 2.42. The fourth-order valence-corrected chi connectivity index (χ4v) is 0.791. The van der Waals surface area contributed by atoms with Gasteiger partial charge in [0.05, 0.1) is 0 Å². The second-order valence-electron chi connectivity index (χ2n) is 2.42. The van der Waals surface area contributed by atoms with Crippen molar-refractivity contribution in [2.24, 2.45) is 0 Å². The van der Waals surface area contributed by atoms with E-state index in [1.807, 2.05) is 42.5 Å². The van der Waals surface area contributed by atoms with Crippen LogP contribution in [0.3, 0.4) is 0 Å². The van der Waals surface area contributed by atoms with Gasteiger partial charge in [-0.05, 0) is 0 Å². The van der Waals surface area contributed by atoms with Gasteiger partial charge in [-0.1, -0.05) is 6.92 Å². The van der Waals surface area contributed by atoms with Crippen molar-refractivity contribution in [3.8, 4) is 0 Å². The second kappa shape index (κ2) is 6.96. The van der Waals surface area contributed by atoms with Crippen molar-refractivity contribution < 1.29 is 18.6 Å². The summed E-state index contributed by atoms with van der Waals surface area (Å²) in [6.45, 7) is 2.08. The molecule has 0 aliphatic heterocycles. The first kappa shape index (κ1) is 11.3. The Kier molecular flexibility index (Phi) is 6.55. The fraction of sp³-hybridized carbons (Fsp3) is 0.0909. The van der Waals surface area contributed by atoms with Crippen molar-refractivity contribution in [1.29, 1.82) is 0 Å². The van der Waals surface area contributed by atoms with Crippen LogP contribution >= 0.6 is 0 Å². The summed E-state index contributed by atoms with van der Waals surface area (Å²) in [5.74, 6) is 0. The van der Waals surface area contributed by atoms with Crippen LogP contribution in [-0.2, 0) is 18.6 Å². The van der Waals surface area contributed by atoms with E-state index in [9.17, 15) is 0 Å². The maximum Gasteiger partial charge on any atom is 2.00 e. The van der Waals surface area contributed by atoms with Crippen LogP contribution in [0.4, 0.5) is 0 Å². The molecule has 0 unspecified atom stereocenters. The summed E-state index contributed by atoms with van der Waals surface area (Å²) in [5, 5.41) is 0. The molecule has 2 rings (SSSR count). The minimum absolute atomic E-state index is 0. The molecule has 12 heavy (non-hydrogen) atoms. The van der Waals surface area contributed by atoms with Gasteiger partial charge in [0, 0.05) is 0 Å². The van der Waals surface area contributed by atoms with Gasteiger partial charge in [0.1, 0.15) is 0 Å². The van der Waals surface area contributed by atoms with Gasteiger partial charge in [0.25, 0.3) is 0 Å². The van der Waals surface area contributed by atoms with Crippen LogP contribution in [0.5, 0.6) is 0 Å². The average molecular weight is 195 g/mol. The predicted molar refractivity (Wildman–Crippen MR) is 48.8 cm³/mol. The van der Waals surface area contributed by atoms with Crippen LogP contribution in [-0.4, -0.2) is 0 Å². The van der Waals surface area contributed by atoms with E-state index in [0.717, 1.165) is 0 Å². The third kappa shape index (κ3) is 5.00. The Balaban J connectivity index is 0.000000189. The Morgan fingerprint density at radius 3 is 1.58 bits per heavy atom. The topological polar surface area (TPSA) is 0 Å². The van der Waals surface area contributed by atoms with E-state index in [-0.39, 0.29) is 18.6 Å². The molecule has 0 saturated heterocycles. The molecule has 0 aliphatic carbocycles. The quantitative estimate of drug-likeness (QED) is 0.566. The van der Waals surface area contributed by atoms with Crippen molar-refractivity contribution >= 4 is 0 Å². The van der Waals surface area contributed by atoms with Crippen LogP contribution in [0.1, 0.15) is 5.56 Å². The van der Waals surface area contributed by atoms with Gasteiger partial charge in [-0.15, -0.1) is 0 Å². The monoisotopic (exact) mass is 195 g/mol. The van der Waals surface area contributed by atoms with Crippen LogP contribution in [0.25, 0.3) is 0 Å². The Morgan fingerprint density at radius 1 is 0.917 bits per heavy atom. The Hall–Kier alpha value is -0.716. The molecule has 2 aromatic carbocycles. The van der Waals surface area contributed by atoms with Crippen LogP contribution in [0.2, 0.25) is 0 Å². The first-order valence-corrected chi connectivity index (χ1v) is 3.74. The molecule has 0 N–H and O–H groups in total. The van der Waals surface area contributed by atoms with Gasteiger partial charge in [-0.3, -0.25) is 0 Å². The molecular formula is C11H12V. The molecule has 61 valence electrons. The van der Waals surface area contributed by atoms with E-state index in [1.165, 1.54) is 5.56 Å². The van der Waals surface area contributed by atoms with Gasteiger partial charge in [0.15, 0.2) is 0 Å². The van der Waals surface area contributed by atoms with E-state index in [1.54, 1.807) is 0 Å². The Bertz CT molecular complexity index is 223. The first-order valence-electron chi connectivity index (χ1n) is 3.74. The van der Waals surface area contributed by atoms with Crippen molar-refractivity contribution in [3.05, 3.63) is 60.2 Å². The third-order valence-electron chi connectivity index (χ3n) is 1.38. The molecule has 0 atom stereocenters. The average Bonchev–Trinajstić information content (AvgIpc) is 2.57. The predicted octanol–water partition coefficient (Wildman–Crippen LogP) is 3.12. The summed E-state index contributed by atoms with van der Waals surface area (Å²) >= 11 is 0. The molecule has 0 spiro atoms. The van der Waals surface area contributed by atoms with Crippen LogP contribution in [0.15, 0.2) is 54.6 Å². The van der Waals surface area contributed by atoms with E-state index < -0.39 is 0 Å². The van der Waals surface area contributed by atoms with Crippen LogP contribution in [0, 0.1) is 6.92 Å². The standard InChI is InChI=1S/C6H7.C5H5.V/c1-6-4-2-3-5-6;1-2-4-5-3-1;/h2-5H,1H3;1-5H;/q2*-1;+2. The Morgan fingerprint density at radius 2 is 1.42 bits per heavy atom. The molecule has 0 nitrogen and oxygen atoms in total. The number of rotatable bonds is 0. The maximum absolute atomic E-state index is 2.08. The maximum atomic E-state index is 2.08. The molecule has 0 aromatic heterocycles. The molecule has 1 radical (unpaired) electrons. The van der Waals surface area contributed by atoms with E-state index in [0.29, 0.717) is 0 Å². The zero-order valence-electron chi connectivity index (χ0n) is 7.14. The van der Waals surface area contributed by atoms with Gasteiger partial charge >= 0.3 is 18.6 Å². The minimum Gasteiger partial charge on any atom is -0.214 e. The largest absolute Gasteiger partial charge is 2.00 e. The molecule has 0 fully saturated rings. The molecular weight excluding hydrogens is 183 g/mol. The molecule has 1 heteroatoms. The van der Waals surface area contributed by atoms with Gasteiger partial charge in [0.2, 0.25) is 0 Å². The normalized spacial score (nSPS) is 7.75. The summed E-state index contributed by atoms with van der Waals surface area (Å²) < 4.78 is 0. The number of aryl methyl sites for hydroxylation is 1. The summed E-state index contributed by atoms with van der Waals surface area (Å²) in [5.41, 5.74) is 1.34. The number of hydrogen-bond donors (Lipinski definition) is 0. The summed E-state index contributed by atoms with van der Waals surface area (Å²) in [6.07, 6.45) is 0. The SMILES string of the molecule is C[c-]1cccc1.[V+2].c1cc[cH-]c1. The van der Waals surface area contributed by atoms with Gasteiger partial charge < -0.3 is 0 Å². The van der Waals surface area contributed by atoms with Crippen molar-refractivity contribution in [2.75, 3.05) is 0 Å². The summed E-state index contributed by atoms with van der Waals surface area (Å²) in [7, 11) is 0. The molecule has 0 saturated carbocycles. The van der Waals surface area contributed by atoms with Gasteiger partial charge in [-0.2, -0.15) is 35.9 Å². The van der Waals surface area contributed by atoms with E-state index in [2.05, 4.69) is 19.1 Å². The van der Waals surface area contributed by atoms with Crippen LogP contribution < -0.4 is 0 Å². The smallest absolute Gasteiger partial charge is 0.214 e. The first-order chi connectivity index (χ1) is 5.39. The Labute approximate surface area is 85.8 Å². The van der Waals surface area contributed by atoms with E-state index in [4.69, 9.17) is 0 Å². The molecule has 0 bridgehead atoms. The van der Waals surface area contributed by atoms with E-state index >= 15 is 0 Å². The van der Waals surface area contributed by atoms with Gasteiger partial charge in [-0.25, -0.2) is 24.3 Å². The molecule has 0 aliphatic rings. The number of hydrogen-bond acceptors (Lipinski definition) is 0. The minimum atomic E-state index is 0. The third-order valence-corrected chi connectivity index (χ3v) is 1.38. The van der Waals surface area contributed by atoms with Crippen molar-refractivity contribution in [3.63, 3.8) is 0 Å².